The van der Waals surface area contributed by atoms with Gasteiger partial charge in [-0.25, -0.2) is 9.59 Å². The monoisotopic (exact) mass is 857 g/mol. The summed E-state index contributed by atoms with van der Waals surface area (Å²) in [4.78, 5) is 69.8. The molecule has 1 saturated heterocycles. The van der Waals surface area contributed by atoms with Crippen molar-refractivity contribution in [3.63, 3.8) is 0 Å². The third kappa shape index (κ3) is 8.07. The van der Waals surface area contributed by atoms with E-state index in [-0.39, 0.29) is 36.2 Å². The molecule has 2 aromatic carbocycles. The number of rotatable bonds is 15. The summed E-state index contributed by atoms with van der Waals surface area (Å²) in [5, 5.41) is 52.2. The number of hydrogen-bond acceptors (Lipinski definition) is 13. The molecule has 334 valence electrons. The normalized spacial score (nSPS) is 31.9. The Labute approximate surface area is 362 Å². The second-order valence-corrected chi connectivity index (χ2v) is 17.9. The molecular weight excluding hydrogens is 799 g/mol. The number of unbranched alkanes of at least 4 members (excludes halogenated alkanes) is 2. The number of ether oxygens (including phenoxy) is 4. The lowest BCUT2D eigenvalue weighted by Gasteiger charge is -2.67. The van der Waals surface area contributed by atoms with Crippen molar-refractivity contribution >= 4 is 29.6 Å². The van der Waals surface area contributed by atoms with Crippen LogP contribution in [0.4, 0.5) is 0 Å². The third-order valence-electron chi connectivity index (χ3n) is 13.8. The smallest absolute Gasteiger partial charge is 0.338 e. The highest BCUT2D eigenvalue weighted by molar-refractivity contribution is 5.94. The number of esters is 3. The summed E-state index contributed by atoms with van der Waals surface area (Å²) in [5.74, 6) is -5.72. The Bertz CT molecular complexity index is 2110. The van der Waals surface area contributed by atoms with Crippen LogP contribution in [0.25, 0.3) is 0 Å². The fourth-order valence-corrected chi connectivity index (χ4v) is 10.4. The van der Waals surface area contributed by atoms with Gasteiger partial charge < -0.3 is 44.7 Å². The summed E-state index contributed by atoms with van der Waals surface area (Å²) in [6.45, 7) is 14.4. The van der Waals surface area contributed by atoms with E-state index < -0.39 is 107 Å². The number of ketones is 1. The maximum absolute atomic E-state index is 15.1. The van der Waals surface area contributed by atoms with Crippen molar-refractivity contribution in [3.05, 3.63) is 108 Å². The van der Waals surface area contributed by atoms with Gasteiger partial charge >= 0.3 is 17.9 Å². The van der Waals surface area contributed by atoms with E-state index in [1.54, 1.807) is 74.5 Å². The molecule has 62 heavy (non-hydrogen) atoms. The highest BCUT2D eigenvalue weighted by Crippen LogP contribution is 2.64. The fraction of sp³-hybridized carbons (Fsp3) is 0.521. The lowest BCUT2D eigenvalue weighted by atomic mass is 9.44. The first-order valence-corrected chi connectivity index (χ1v) is 21.2. The van der Waals surface area contributed by atoms with Crippen LogP contribution in [-0.4, -0.2) is 104 Å². The summed E-state index contributed by atoms with van der Waals surface area (Å²) in [7, 11) is 0. The van der Waals surface area contributed by atoms with E-state index >= 15 is 4.79 Å². The minimum atomic E-state index is -2.36. The standard InChI is InChI=1S/C48H59NO13/c1-8-10-11-15-22-35(52)49-37(30-19-13-12-14-20-30)39(54)44(57)60-32-25-48(58)42(61-43(56)31-21-16-18-29(23-31)17-9-2)40-46(7,41(55)38(53)36(27(32)3)45(48,5)6)33(51)24-34-47(40,26-59-34)62-28(4)50/h8-9,12-14,16,18-21,23,32-34,37-40,42,51,53-54,58H,1-2,10-11,15,17,22,24-26H2,3-7H3,(H,49,52)/t32-,33-,34+,37-,38+,39+,40?,42-,46+,47-,48+/m0/s1. The molecule has 0 spiro atoms. The third-order valence-corrected chi connectivity index (χ3v) is 13.8. The van der Waals surface area contributed by atoms with Crippen LogP contribution in [0.1, 0.15) is 101 Å². The number of nitrogens with one attached hydrogen (secondary N) is 1. The van der Waals surface area contributed by atoms with Crippen molar-refractivity contribution < 1.29 is 63.3 Å². The Balaban J connectivity index is 1.47. The molecule has 3 fully saturated rings. The molecule has 2 saturated carbocycles. The van der Waals surface area contributed by atoms with Crippen molar-refractivity contribution in [3.8, 4) is 0 Å². The van der Waals surface area contributed by atoms with Crippen LogP contribution >= 0.6 is 0 Å². The number of aliphatic hydroxyl groups excluding tert-OH is 3. The van der Waals surface area contributed by atoms with Gasteiger partial charge in [-0.15, -0.1) is 13.2 Å². The first-order chi connectivity index (χ1) is 29.3. The highest BCUT2D eigenvalue weighted by Gasteiger charge is 2.78. The molecule has 2 aromatic rings. The zero-order valence-corrected chi connectivity index (χ0v) is 36.0. The lowest BCUT2D eigenvalue weighted by Crippen LogP contribution is -2.81. The Morgan fingerprint density at radius 1 is 1.00 bits per heavy atom. The topological polar surface area (TPSA) is 215 Å². The van der Waals surface area contributed by atoms with Crippen LogP contribution in [-0.2, 0) is 44.5 Å². The molecule has 0 aromatic heterocycles. The van der Waals surface area contributed by atoms with E-state index in [1.165, 1.54) is 19.9 Å². The van der Waals surface area contributed by atoms with E-state index in [4.69, 9.17) is 18.9 Å². The van der Waals surface area contributed by atoms with Crippen LogP contribution < -0.4 is 5.32 Å². The highest BCUT2D eigenvalue weighted by atomic mass is 16.6. The number of hydrogen-bond donors (Lipinski definition) is 5. The number of allylic oxidation sites excluding steroid dienone is 2. The van der Waals surface area contributed by atoms with Crippen molar-refractivity contribution in [2.45, 2.75) is 133 Å². The van der Waals surface area contributed by atoms with Gasteiger partial charge in [-0.3, -0.25) is 14.4 Å². The molecule has 0 radical (unpaired) electrons. The second kappa shape index (κ2) is 18.0. The van der Waals surface area contributed by atoms with Crippen molar-refractivity contribution in [1.29, 1.82) is 0 Å². The predicted molar refractivity (Wildman–Crippen MR) is 225 cm³/mol. The van der Waals surface area contributed by atoms with Gasteiger partial charge in [0, 0.05) is 31.6 Å². The minimum Gasteiger partial charge on any atom is -0.456 e. The van der Waals surface area contributed by atoms with Gasteiger partial charge in [0.1, 0.15) is 30.0 Å². The average Bonchev–Trinajstić information content (AvgIpc) is 3.23. The number of Topliss-reactive ketones (excluding diaryl/α,β-unsaturated/α-hetero) is 1. The first kappa shape index (κ1) is 46.5. The molecule has 11 atom stereocenters. The molecule has 14 nitrogen and oxygen atoms in total. The number of amides is 1. The van der Waals surface area contributed by atoms with E-state index in [2.05, 4.69) is 18.5 Å². The summed E-state index contributed by atoms with van der Waals surface area (Å²) in [6.07, 6.45) is -4.55. The number of fused-ring (bicyclic) bond motifs is 5. The zero-order chi connectivity index (χ0) is 45.4. The summed E-state index contributed by atoms with van der Waals surface area (Å²) < 4.78 is 24.4. The van der Waals surface area contributed by atoms with Crippen molar-refractivity contribution in [2.75, 3.05) is 6.61 Å². The molecule has 2 bridgehead atoms. The van der Waals surface area contributed by atoms with Gasteiger partial charge in [-0.1, -0.05) is 68.5 Å². The second-order valence-electron chi connectivity index (χ2n) is 17.9. The molecule has 3 aliphatic carbocycles. The molecule has 5 N–H and O–H groups in total. The first-order valence-electron chi connectivity index (χ1n) is 21.2. The quantitative estimate of drug-likeness (QED) is 0.0731. The van der Waals surface area contributed by atoms with Gasteiger partial charge in [-0.2, -0.15) is 0 Å². The SMILES string of the molecule is C=CCCCCC(=O)N[C@@H](c1ccccc1)[C@@H](O)C(=O)O[C@H]1C[C@@]2(O)[C@@H](OC(=O)c3cccc(CC=C)c3)C3[C@](C)(C(=O)[C@H](O)C(=C1C)C2(C)C)[C@@H](O)C[C@H]1OC[C@@]31OC(C)=O. The van der Waals surface area contributed by atoms with Crippen LogP contribution in [0.3, 0.4) is 0 Å². The minimum absolute atomic E-state index is 0.0506. The Morgan fingerprint density at radius 3 is 2.34 bits per heavy atom. The van der Waals surface area contributed by atoms with Gasteiger partial charge in [0.15, 0.2) is 17.5 Å². The Morgan fingerprint density at radius 2 is 1.71 bits per heavy atom. The number of benzene rings is 2. The number of carbonyl (C=O) groups excluding carboxylic acids is 5. The maximum atomic E-state index is 15.1. The van der Waals surface area contributed by atoms with Crippen LogP contribution in [0.15, 0.2) is 91.1 Å². The molecule has 1 heterocycles. The van der Waals surface area contributed by atoms with Crippen LogP contribution in [0.5, 0.6) is 0 Å². The summed E-state index contributed by atoms with van der Waals surface area (Å²) in [5.41, 5.74) is -6.40. The molecular formula is C48H59NO13. The Kier molecular flexibility index (Phi) is 13.5. The molecule has 1 unspecified atom stereocenters. The maximum Gasteiger partial charge on any atom is 0.338 e. The Hall–Kier alpha value is -4.99. The van der Waals surface area contributed by atoms with Gasteiger partial charge in [0.25, 0.3) is 0 Å². The van der Waals surface area contributed by atoms with Crippen molar-refractivity contribution in [1.82, 2.24) is 5.32 Å². The van der Waals surface area contributed by atoms with Gasteiger partial charge in [0.2, 0.25) is 5.91 Å². The average molecular weight is 858 g/mol. The van der Waals surface area contributed by atoms with Crippen molar-refractivity contribution in [2.24, 2.45) is 16.7 Å². The lowest BCUT2D eigenvalue weighted by molar-refractivity contribution is -0.346. The van der Waals surface area contributed by atoms with E-state index in [0.717, 1.165) is 12.5 Å². The summed E-state index contributed by atoms with van der Waals surface area (Å²) >= 11 is 0. The fourth-order valence-electron chi connectivity index (χ4n) is 10.4. The van der Waals surface area contributed by atoms with Crippen LogP contribution in [0, 0.1) is 16.7 Å². The van der Waals surface area contributed by atoms with E-state index in [1.807, 2.05) is 0 Å². The predicted octanol–water partition coefficient (Wildman–Crippen LogP) is 4.33. The van der Waals surface area contributed by atoms with Crippen LogP contribution in [0.2, 0.25) is 0 Å². The van der Waals surface area contributed by atoms with E-state index in [0.29, 0.717) is 31.2 Å². The number of aliphatic hydroxyl groups is 4. The summed E-state index contributed by atoms with van der Waals surface area (Å²) in [6, 6.07) is 13.7. The molecule has 1 amide bonds. The largest absolute Gasteiger partial charge is 0.456 e. The van der Waals surface area contributed by atoms with Gasteiger partial charge in [0.05, 0.1) is 35.6 Å². The van der Waals surface area contributed by atoms with E-state index in [9.17, 15) is 39.6 Å². The molecule has 4 aliphatic rings. The van der Waals surface area contributed by atoms with Gasteiger partial charge in [-0.05, 0) is 73.9 Å². The molecule has 6 rings (SSSR count). The zero-order valence-electron chi connectivity index (χ0n) is 36.0. The molecule has 1 aliphatic heterocycles. The number of carbonyl (C=O) groups is 5. The molecule has 14 heteroatoms.